The first-order valence-corrected chi connectivity index (χ1v) is 42.5. The SMILES string of the molecule is CC(C)c1ccc(-c2cc(-c3c(C(C)C)cc(C(C)C)cc3C(C)C)cc(-c3c(C(C)C)cc(C(C)C)cc3C(C)C)c2N2[Si]N(c3c(-c4c(C(C)C)cc(C(C)C)cc4C(C)C)cc(-c4c(C(C)C)cc(C(C)C)cc4C(C)C)cc3-c3c(C(C)C)cc(C(C)C)cc3C(C)C)[Si]2)c(C(C)C)c1. The van der Waals surface area contributed by atoms with Crippen LogP contribution in [0.4, 0.5) is 11.4 Å². The molecule has 0 aliphatic carbocycles. The van der Waals surface area contributed by atoms with Gasteiger partial charge in [-0.05, 0) is 264 Å². The molecule has 0 spiro atoms. The van der Waals surface area contributed by atoms with Crippen molar-refractivity contribution in [2.24, 2.45) is 0 Å². The molecule has 1 aliphatic heterocycles. The monoisotopic (exact) mass is 1410 g/mol. The van der Waals surface area contributed by atoms with E-state index in [-0.39, 0.29) is 41.4 Å². The third-order valence-electron chi connectivity index (χ3n) is 22.8. The van der Waals surface area contributed by atoms with Crippen LogP contribution in [0.5, 0.6) is 0 Å². The highest BCUT2D eigenvalue weighted by Gasteiger charge is 2.41. The molecule has 1 fully saturated rings. The summed E-state index contributed by atoms with van der Waals surface area (Å²) in [6, 6.07) is 44.6. The number of anilines is 2. The van der Waals surface area contributed by atoms with Crippen LogP contribution in [0.1, 0.15) is 431 Å². The molecule has 0 N–H and O–H groups in total. The molecule has 4 radical (unpaired) electrons. The molecular formula is C99H136N2Si2. The molecule has 0 saturated carbocycles. The van der Waals surface area contributed by atoms with Gasteiger partial charge in [-0.3, -0.25) is 0 Å². The lowest BCUT2D eigenvalue weighted by Crippen LogP contribution is -2.63. The first-order valence-electron chi connectivity index (χ1n) is 40.7. The van der Waals surface area contributed by atoms with Gasteiger partial charge < -0.3 is 8.46 Å². The van der Waals surface area contributed by atoms with Gasteiger partial charge in [0.1, 0.15) is 0 Å². The maximum atomic E-state index is 2.91. The largest absolute Gasteiger partial charge is 0.390 e. The van der Waals surface area contributed by atoms with Gasteiger partial charge in [0.2, 0.25) is 0 Å². The molecule has 4 heteroatoms. The van der Waals surface area contributed by atoms with Gasteiger partial charge in [-0.1, -0.05) is 314 Å². The Morgan fingerprint density at radius 2 is 0.359 bits per heavy atom. The maximum Gasteiger partial charge on any atom is 0.316 e. The summed E-state index contributed by atoms with van der Waals surface area (Å²) in [5, 5.41) is 0. The van der Waals surface area contributed by atoms with Crippen molar-refractivity contribution in [2.45, 2.75) is 336 Å². The molecule has 9 rings (SSSR count). The van der Waals surface area contributed by atoms with E-state index in [0.717, 1.165) is 0 Å². The Morgan fingerprint density at radius 3 is 0.563 bits per heavy atom. The second-order valence-corrected chi connectivity index (χ2v) is 39.6. The zero-order chi connectivity index (χ0) is 76.3. The van der Waals surface area contributed by atoms with Crippen molar-refractivity contribution in [3.63, 3.8) is 0 Å². The second-order valence-electron chi connectivity index (χ2n) is 36.6. The third-order valence-corrected chi connectivity index (χ3v) is 25.7. The van der Waals surface area contributed by atoms with Gasteiger partial charge in [0.05, 0.1) is 0 Å². The van der Waals surface area contributed by atoms with Crippen molar-refractivity contribution in [2.75, 3.05) is 8.46 Å². The molecule has 8 aromatic carbocycles. The van der Waals surface area contributed by atoms with Crippen LogP contribution in [-0.4, -0.2) is 19.7 Å². The van der Waals surface area contributed by atoms with Crippen molar-refractivity contribution >= 4 is 31.1 Å². The number of benzene rings is 8. The lowest BCUT2D eigenvalue weighted by atomic mass is 9.76. The minimum absolute atomic E-state index is 0.275. The van der Waals surface area contributed by atoms with Gasteiger partial charge in [-0.15, -0.1) is 0 Å². The number of rotatable bonds is 25. The lowest BCUT2D eigenvalue weighted by molar-refractivity contribution is 0.806. The quantitative estimate of drug-likeness (QED) is 0.0526. The minimum atomic E-state index is 0.275. The first-order chi connectivity index (χ1) is 48.2. The Labute approximate surface area is 635 Å². The first kappa shape index (κ1) is 80.9. The molecule has 103 heavy (non-hydrogen) atoms. The molecule has 550 valence electrons. The highest BCUT2D eigenvalue weighted by molar-refractivity contribution is 6.87. The van der Waals surface area contributed by atoms with E-state index in [1.807, 2.05) is 0 Å². The Morgan fingerprint density at radius 1 is 0.175 bits per heavy atom. The topological polar surface area (TPSA) is 6.48 Å². The summed E-state index contributed by atoms with van der Waals surface area (Å²) in [7, 11) is 0.616. The number of hydrogen-bond donors (Lipinski definition) is 0. The molecule has 1 saturated heterocycles. The van der Waals surface area contributed by atoms with E-state index in [1.165, 1.54) is 173 Å². The molecule has 0 bridgehead atoms. The van der Waals surface area contributed by atoms with Crippen molar-refractivity contribution in [3.05, 3.63) is 198 Å². The van der Waals surface area contributed by atoms with Crippen LogP contribution in [0.25, 0.3) is 66.8 Å². The van der Waals surface area contributed by atoms with E-state index >= 15 is 0 Å². The third kappa shape index (κ3) is 16.4. The van der Waals surface area contributed by atoms with Crippen molar-refractivity contribution in [3.8, 4) is 66.8 Å². The van der Waals surface area contributed by atoms with Crippen LogP contribution in [0.2, 0.25) is 0 Å². The molecule has 0 atom stereocenters. The molecular weight excluding hydrogens is 1270 g/mol. The van der Waals surface area contributed by atoms with Crippen LogP contribution >= 0.6 is 0 Å². The Bertz CT molecular complexity index is 4100. The number of hydrogen-bond acceptors (Lipinski definition) is 2. The van der Waals surface area contributed by atoms with Crippen molar-refractivity contribution in [1.82, 2.24) is 0 Å². The summed E-state index contributed by atoms with van der Waals surface area (Å²) in [5.74, 6) is 5.57. The smallest absolute Gasteiger partial charge is 0.316 e. The van der Waals surface area contributed by atoms with E-state index < -0.39 is 0 Å². The molecule has 0 unspecified atom stereocenters. The summed E-state index contributed by atoms with van der Waals surface area (Å²) in [6.45, 7) is 82.6. The fraction of sp³-hybridized carbons (Fsp3) is 0.515. The Balaban J connectivity index is 1.56. The molecule has 8 aromatic rings. The standard InChI is InChI=1S/C99H136N2Si2/c1-52(2)69-35-36-77(78(37-69)58(13)14)89-48-75(93-79(59(15)16)38-70(53(3)4)39-80(93)60(17)18)49-90(95-83(63(23)24)42-72(55(7)8)43-84(95)64(25)26)98(89)100-102-101(103-100)99-91(96-85(65(27)28)44-73(56(9)10)45-86(96)66(29)30)50-76(94-81(61(19)20)40-71(54(5)6)41-82(94)62(21)22)51-92(99)97-87(67(31)32)46-74(57(11)12)47-88(97)68(33)34/h35-68H,1-34H3. The average Bonchev–Trinajstić information content (AvgIpc) is 0.719. The van der Waals surface area contributed by atoms with Gasteiger partial charge >= 0.3 is 19.7 Å². The van der Waals surface area contributed by atoms with Crippen LogP contribution in [0.3, 0.4) is 0 Å². The normalized spacial score (nSPS) is 13.3. The van der Waals surface area contributed by atoms with Gasteiger partial charge in [0.25, 0.3) is 0 Å². The second kappa shape index (κ2) is 32.5. The summed E-state index contributed by atoms with van der Waals surface area (Å²) in [6.07, 6.45) is 0. The predicted molar refractivity (Wildman–Crippen MR) is 461 cm³/mol. The highest BCUT2D eigenvalue weighted by atomic mass is 28.4. The van der Waals surface area contributed by atoms with Gasteiger partial charge in [0.15, 0.2) is 0 Å². The minimum Gasteiger partial charge on any atom is -0.390 e. The van der Waals surface area contributed by atoms with Crippen molar-refractivity contribution < 1.29 is 0 Å². The fourth-order valence-corrected chi connectivity index (χ4v) is 18.9. The highest BCUT2D eigenvalue weighted by Crippen LogP contribution is 2.57. The lowest BCUT2D eigenvalue weighted by Gasteiger charge is -2.46. The van der Waals surface area contributed by atoms with Crippen LogP contribution < -0.4 is 8.46 Å². The van der Waals surface area contributed by atoms with E-state index in [2.05, 4.69) is 347 Å². The van der Waals surface area contributed by atoms with E-state index in [9.17, 15) is 0 Å². The average molecular weight is 1410 g/mol. The van der Waals surface area contributed by atoms with Gasteiger partial charge in [0, 0.05) is 33.6 Å². The van der Waals surface area contributed by atoms with E-state index in [1.54, 1.807) is 0 Å². The fourth-order valence-electron chi connectivity index (χ4n) is 16.3. The summed E-state index contributed by atoms with van der Waals surface area (Å²) in [4.78, 5) is 0. The molecule has 0 amide bonds. The van der Waals surface area contributed by atoms with E-state index in [4.69, 9.17) is 0 Å². The maximum absolute atomic E-state index is 2.91. The van der Waals surface area contributed by atoms with Crippen LogP contribution in [-0.2, 0) is 0 Å². The zero-order valence-corrected chi connectivity index (χ0v) is 73.0. The number of nitrogens with zero attached hydrogens (tertiary/aromatic N) is 2. The van der Waals surface area contributed by atoms with Crippen molar-refractivity contribution in [1.29, 1.82) is 0 Å². The summed E-state index contributed by atoms with van der Waals surface area (Å²) in [5.41, 5.74) is 44.0. The summed E-state index contributed by atoms with van der Waals surface area (Å²) < 4.78 is 5.81. The zero-order valence-electron chi connectivity index (χ0n) is 71.0. The van der Waals surface area contributed by atoms with E-state index in [0.29, 0.717) is 78.9 Å². The molecule has 0 aromatic heterocycles. The Hall–Kier alpha value is -6.21. The Kier molecular flexibility index (Phi) is 25.5. The van der Waals surface area contributed by atoms with Gasteiger partial charge in [-0.25, -0.2) is 0 Å². The summed E-state index contributed by atoms with van der Waals surface area (Å²) >= 11 is 0. The van der Waals surface area contributed by atoms with Gasteiger partial charge in [-0.2, -0.15) is 0 Å². The van der Waals surface area contributed by atoms with Crippen LogP contribution in [0, 0.1) is 0 Å². The molecule has 1 aliphatic rings. The molecule has 1 heterocycles. The molecule has 2 nitrogen and oxygen atoms in total. The predicted octanol–water partition coefficient (Wildman–Crippen LogP) is 31.2. The van der Waals surface area contributed by atoms with Crippen LogP contribution in [0.15, 0.2) is 103 Å².